The third-order valence-electron chi connectivity index (χ3n) is 2.71. The normalized spacial score (nSPS) is 10.8. The number of carbonyl (C=O) groups excluding carboxylic acids is 2. The highest BCUT2D eigenvalue weighted by molar-refractivity contribution is 14.1. The van der Waals surface area contributed by atoms with Crippen LogP contribution in [0.25, 0.3) is 0 Å². The third-order valence-corrected chi connectivity index (χ3v) is 6.03. The summed E-state index contributed by atoms with van der Waals surface area (Å²) in [6.07, 6.45) is 0. The summed E-state index contributed by atoms with van der Waals surface area (Å²) < 4.78 is 1.67. The number of anilines is 1. The van der Waals surface area contributed by atoms with Gasteiger partial charge in [0.15, 0.2) is 5.78 Å². The molecular weight excluding hydrogens is 617 g/mol. The number of amides is 1. The maximum absolute atomic E-state index is 12.3. The minimum absolute atomic E-state index is 0.179. The monoisotopic (exact) mass is 630 g/mol. The summed E-state index contributed by atoms with van der Waals surface area (Å²) in [5.41, 5.74) is 7.04. The molecule has 0 bridgehead atoms. The number of carbonyl (C=O) groups is 2. The van der Waals surface area contributed by atoms with Gasteiger partial charge in [-0.15, -0.1) is 0 Å². The second-order valence-corrected chi connectivity index (χ2v) is 7.43. The van der Waals surface area contributed by atoms with Gasteiger partial charge in [-0.05, 0) is 74.7 Å². The number of nitrogens with one attached hydrogen (secondary N) is 1. The molecule has 0 atom stereocenters. The number of halogens is 3. The number of ketones is 1. The fourth-order valence-corrected chi connectivity index (χ4v) is 6.01. The lowest BCUT2D eigenvalue weighted by Crippen LogP contribution is -2.41. The van der Waals surface area contributed by atoms with Gasteiger partial charge >= 0.3 is 0 Å². The molecule has 0 spiro atoms. The van der Waals surface area contributed by atoms with Gasteiger partial charge in [0.2, 0.25) is 0 Å². The first-order chi connectivity index (χ1) is 9.76. The Kier molecular flexibility index (Phi) is 7.56. The highest BCUT2D eigenvalue weighted by Crippen LogP contribution is 2.34. The second kappa shape index (κ2) is 8.21. The van der Waals surface area contributed by atoms with Crippen LogP contribution >= 0.6 is 67.8 Å². The summed E-state index contributed by atoms with van der Waals surface area (Å²) >= 11 is 5.87. The molecule has 0 saturated heterocycles. The summed E-state index contributed by atoms with van der Waals surface area (Å²) in [5.74, 6) is -0.663. The van der Waals surface area contributed by atoms with Gasteiger partial charge in [0, 0.05) is 12.7 Å². The lowest BCUT2D eigenvalue weighted by Gasteiger charge is -2.18. The Bertz CT molecular complexity index is 589. The average Bonchev–Trinajstić information content (AvgIpc) is 2.42. The zero-order chi connectivity index (χ0) is 16.3. The van der Waals surface area contributed by atoms with Crippen LogP contribution in [0.15, 0.2) is 0 Å². The number of aliphatic hydroxyl groups excluding tert-OH is 2. The molecule has 0 radical (unpaired) electrons. The van der Waals surface area contributed by atoms with Gasteiger partial charge in [-0.25, -0.2) is 0 Å². The van der Waals surface area contributed by atoms with E-state index in [0.29, 0.717) is 22.0 Å². The second-order valence-electron chi connectivity index (χ2n) is 4.20. The minimum Gasteiger partial charge on any atom is -0.397 e. The lowest BCUT2D eigenvalue weighted by molar-refractivity contribution is 0.0877. The van der Waals surface area contributed by atoms with Crippen molar-refractivity contribution >= 4 is 85.2 Å². The summed E-state index contributed by atoms with van der Waals surface area (Å²) in [7, 11) is 0. The third kappa shape index (κ3) is 4.17. The molecule has 0 heterocycles. The predicted octanol–water partition coefficient (Wildman–Crippen LogP) is 1.37. The van der Waals surface area contributed by atoms with E-state index in [-0.39, 0.29) is 24.6 Å². The van der Waals surface area contributed by atoms with E-state index in [1.54, 1.807) is 0 Å². The number of hydrogen-bond donors (Lipinski definition) is 4. The van der Waals surface area contributed by atoms with Crippen molar-refractivity contribution in [2.75, 3.05) is 18.9 Å². The van der Waals surface area contributed by atoms with Gasteiger partial charge in [-0.1, -0.05) is 0 Å². The van der Waals surface area contributed by atoms with E-state index in [4.69, 9.17) is 15.9 Å². The van der Waals surface area contributed by atoms with Gasteiger partial charge in [0.05, 0.1) is 34.1 Å². The quantitative estimate of drug-likeness (QED) is 0.223. The molecule has 0 unspecified atom stereocenters. The molecule has 1 aromatic rings. The Hall–Kier alpha value is 0.270. The molecule has 5 N–H and O–H groups in total. The fraction of sp³-hybridized carbons (Fsp3) is 0.333. The summed E-state index contributed by atoms with van der Waals surface area (Å²) in [4.78, 5) is 24.1. The lowest BCUT2D eigenvalue weighted by atomic mass is 10.1. The summed E-state index contributed by atoms with van der Waals surface area (Å²) in [5, 5.41) is 20.6. The molecule has 0 aliphatic carbocycles. The van der Waals surface area contributed by atoms with Crippen LogP contribution < -0.4 is 11.1 Å². The highest BCUT2D eigenvalue weighted by atomic mass is 127. The van der Waals surface area contributed by atoms with Crippen LogP contribution in [0.1, 0.15) is 27.6 Å². The molecule has 0 aliphatic rings. The molecule has 1 rings (SSSR count). The maximum Gasteiger partial charge on any atom is 0.253 e. The van der Waals surface area contributed by atoms with E-state index in [0.717, 1.165) is 0 Å². The van der Waals surface area contributed by atoms with Crippen LogP contribution in [0.2, 0.25) is 0 Å². The average molecular weight is 630 g/mol. The maximum atomic E-state index is 12.3. The van der Waals surface area contributed by atoms with E-state index < -0.39 is 11.9 Å². The molecule has 116 valence electrons. The number of nitrogens with two attached hydrogens (primary N) is 1. The van der Waals surface area contributed by atoms with Crippen molar-refractivity contribution < 1.29 is 19.8 Å². The summed E-state index contributed by atoms with van der Waals surface area (Å²) in [6.45, 7) is 0.654. The van der Waals surface area contributed by atoms with Gasteiger partial charge < -0.3 is 21.3 Å². The molecule has 21 heavy (non-hydrogen) atoms. The van der Waals surface area contributed by atoms with Gasteiger partial charge in [0.1, 0.15) is 0 Å². The van der Waals surface area contributed by atoms with Crippen molar-refractivity contribution in [2.24, 2.45) is 0 Å². The fourth-order valence-electron chi connectivity index (χ4n) is 1.60. The zero-order valence-electron chi connectivity index (χ0n) is 10.9. The van der Waals surface area contributed by atoms with Gasteiger partial charge in [-0.2, -0.15) is 0 Å². The Labute approximate surface area is 162 Å². The van der Waals surface area contributed by atoms with E-state index in [1.165, 1.54) is 6.92 Å². The first-order valence-corrected chi connectivity index (χ1v) is 8.99. The molecule has 1 amide bonds. The Balaban J connectivity index is 3.43. The van der Waals surface area contributed by atoms with E-state index in [1.807, 2.05) is 67.8 Å². The van der Waals surface area contributed by atoms with Crippen LogP contribution in [-0.2, 0) is 0 Å². The van der Waals surface area contributed by atoms with Crippen molar-refractivity contribution in [2.45, 2.75) is 13.0 Å². The first kappa shape index (κ1) is 19.3. The van der Waals surface area contributed by atoms with Crippen molar-refractivity contribution in [3.8, 4) is 0 Å². The standard InChI is InChI=1S/C12H13I3N2O4/c1-4(20)6-8(13)7(10(15)11(16)9(6)14)12(21)17-5(2-18)3-19/h5,18-19H,2-3,16H2,1H3,(H,17,21). The number of rotatable bonds is 5. The molecule has 0 fully saturated rings. The van der Waals surface area contributed by atoms with Crippen molar-refractivity contribution in [1.29, 1.82) is 0 Å². The largest absolute Gasteiger partial charge is 0.397 e. The van der Waals surface area contributed by atoms with Crippen molar-refractivity contribution in [3.63, 3.8) is 0 Å². The molecule has 6 nitrogen and oxygen atoms in total. The number of hydrogen-bond acceptors (Lipinski definition) is 5. The topological polar surface area (TPSA) is 113 Å². The molecule has 9 heteroatoms. The predicted molar refractivity (Wildman–Crippen MR) is 104 cm³/mol. The molecule has 0 saturated carbocycles. The van der Waals surface area contributed by atoms with Crippen LogP contribution in [0.4, 0.5) is 5.69 Å². The SMILES string of the molecule is CC(=O)c1c(I)c(N)c(I)c(C(=O)NC(CO)CO)c1I. The number of Topliss-reactive ketones (excluding diaryl/α,β-unsaturated/α-hetero) is 1. The van der Waals surface area contributed by atoms with Crippen LogP contribution in [0.5, 0.6) is 0 Å². The van der Waals surface area contributed by atoms with E-state index in [9.17, 15) is 9.59 Å². The minimum atomic E-state index is -0.759. The van der Waals surface area contributed by atoms with Crippen molar-refractivity contribution in [3.05, 3.63) is 21.8 Å². The molecule has 0 aromatic heterocycles. The Morgan fingerprint density at radius 3 is 2.00 bits per heavy atom. The highest BCUT2D eigenvalue weighted by Gasteiger charge is 2.26. The van der Waals surface area contributed by atoms with E-state index in [2.05, 4.69) is 5.32 Å². The van der Waals surface area contributed by atoms with Crippen LogP contribution in [0.3, 0.4) is 0 Å². The molecular formula is C12H13I3N2O4. The van der Waals surface area contributed by atoms with Gasteiger partial charge in [-0.3, -0.25) is 9.59 Å². The summed E-state index contributed by atoms with van der Waals surface area (Å²) in [6, 6.07) is -0.759. The Morgan fingerprint density at radius 1 is 1.10 bits per heavy atom. The Morgan fingerprint density at radius 2 is 1.57 bits per heavy atom. The smallest absolute Gasteiger partial charge is 0.253 e. The zero-order valence-corrected chi connectivity index (χ0v) is 17.4. The van der Waals surface area contributed by atoms with E-state index >= 15 is 0 Å². The number of nitrogen functional groups attached to an aromatic ring is 1. The van der Waals surface area contributed by atoms with Crippen LogP contribution in [-0.4, -0.2) is 41.2 Å². The molecule has 0 aliphatic heterocycles. The molecule has 1 aromatic carbocycles. The van der Waals surface area contributed by atoms with Crippen LogP contribution in [0, 0.1) is 10.7 Å². The van der Waals surface area contributed by atoms with Gasteiger partial charge in [0.25, 0.3) is 5.91 Å². The van der Waals surface area contributed by atoms with Crippen molar-refractivity contribution in [1.82, 2.24) is 5.32 Å². The number of benzene rings is 1. The first-order valence-electron chi connectivity index (χ1n) is 5.75. The number of aliphatic hydroxyl groups is 2.